The number of nitrogens with two attached hydrogens (primary N) is 1. The Hall–Kier alpha value is -2.64. The van der Waals surface area contributed by atoms with Crippen molar-refractivity contribution < 1.29 is 12.8 Å². The topological polar surface area (TPSA) is 86.2 Å². The van der Waals surface area contributed by atoms with Gasteiger partial charge in [0, 0.05) is 22.6 Å². The van der Waals surface area contributed by atoms with Crippen molar-refractivity contribution in [3.8, 4) is 22.6 Å². The first-order valence-electron chi connectivity index (χ1n) is 8.94. The molecular formula is C22H16Cl2N2O3S. The van der Waals surface area contributed by atoms with E-state index >= 15 is 0 Å². The monoisotopic (exact) mass is 458 g/mol. The van der Waals surface area contributed by atoms with Gasteiger partial charge in [-0.1, -0.05) is 65.7 Å². The van der Waals surface area contributed by atoms with E-state index in [0.717, 1.165) is 5.56 Å². The molecule has 4 rings (SSSR count). The Kier molecular flexibility index (Phi) is 5.66. The van der Waals surface area contributed by atoms with Crippen LogP contribution in [0.25, 0.3) is 22.6 Å². The van der Waals surface area contributed by atoms with Gasteiger partial charge in [-0.15, -0.1) is 0 Å². The average molecular weight is 459 g/mol. The number of hydrogen-bond acceptors (Lipinski definition) is 4. The largest absolute Gasteiger partial charge is 0.440 e. The van der Waals surface area contributed by atoms with Gasteiger partial charge in [0.1, 0.15) is 5.69 Å². The Morgan fingerprint density at radius 2 is 1.60 bits per heavy atom. The maximum Gasteiger partial charge on any atom is 0.238 e. The van der Waals surface area contributed by atoms with Gasteiger partial charge in [-0.2, -0.15) is 0 Å². The van der Waals surface area contributed by atoms with Crippen molar-refractivity contribution in [2.24, 2.45) is 5.14 Å². The first kappa shape index (κ1) is 20.6. The zero-order valence-electron chi connectivity index (χ0n) is 15.5. The fourth-order valence-electron chi connectivity index (χ4n) is 3.16. The van der Waals surface area contributed by atoms with Crippen LogP contribution >= 0.6 is 23.2 Å². The standard InChI is InChI=1S/C22H16Cl2N2O3S/c23-15-10-11-18(24)17(13-15)21-22(16-8-4-5-9-19(16)30(25,27)28)29-20(26-21)12-14-6-2-1-3-7-14/h1-11,13H,12H2,(H2,25,27,28). The zero-order chi connectivity index (χ0) is 21.3. The average Bonchev–Trinajstić information content (AvgIpc) is 3.13. The van der Waals surface area contributed by atoms with Gasteiger partial charge >= 0.3 is 0 Å². The van der Waals surface area contributed by atoms with Crippen LogP contribution in [0.15, 0.2) is 82.1 Å². The van der Waals surface area contributed by atoms with Crippen LogP contribution in [0.3, 0.4) is 0 Å². The molecule has 0 saturated carbocycles. The number of aromatic nitrogens is 1. The van der Waals surface area contributed by atoms with Gasteiger partial charge in [0.2, 0.25) is 10.0 Å². The van der Waals surface area contributed by atoms with Crippen LogP contribution in [0, 0.1) is 0 Å². The molecule has 0 spiro atoms. The lowest BCUT2D eigenvalue weighted by Gasteiger charge is -2.08. The van der Waals surface area contributed by atoms with Crippen LogP contribution in [0.5, 0.6) is 0 Å². The van der Waals surface area contributed by atoms with E-state index in [9.17, 15) is 8.42 Å². The van der Waals surface area contributed by atoms with Gasteiger partial charge in [-0.3, -0.25) is 0 Å². The number of halogens is 2. The summed E-state index contributed by atoms with van der Waals surface area (Å²) in [6, 6.07) is 21.0. The van der Waals surface area contributed by atoms with E-state index in [4.69, 9.17) is 32.8 Å². The summed E-state index contributed by atoms with van der Waals surface area (Å²) in [6.45, 7) is 0. The first-order chi connectivity index (χ1) is 14.3. The molecule has 1 aromatic heterocycles. The quantitative estimate of drug-likeness (QED) is 0.424. The van der Waals surface area contributed by atoms with E-state index in [-0.39, 0.29) is 10.7 Å². The fraction of sp³-hybridized carbons (Fsp3) is 0.0455. The minimum absolute atomic E-state index is 0.0631. The molecule has 4 aromatic rings. The molecule has 0 aliphatic heterocycles. The Labute approximate surface area is 184 Å². The van der Waals surface area contributed by atoms with Crippen LogP contribution < -0.4 is 5.14 Å². The van der Waals surface area contributed by atoms with Crippen molar-refractivity contribution >= 4 is 33.2 Å². The van der Waals surface area contributed by atoms with E-state index in [1.54, 1.807) is 36.4 Å². The van der Waals surface area contributed by atoms with Gasteiger partial charge in [0.05, 0.1) is 9.92 Å². The van der Waals surface area contributed by atoms with Gasteiger partial charge in [0.25, 0.3) is 0 Å². The lowest BCUT2D eigenvalue weighted by molar-refractivity contribution is 0.518. The van der Waals surface area contributed by atoms with Crippen molar-refractivity contribution in [1.82, 2.24) is 4.98 Å². The molecular weight excluding hydrogens is 443 g/mol. The van der Waals surface area contributed by atoms with Crippen LogP contribution in [-0.4, -0.2) is 13.4 Å². The third-order valence-electron chi connectivity index (χ3n) is 4.49. The van der Waals surface area contributed by atoms with E-state index < -0.39 is 10.0 Å². The lowest BCUT2D eigenvalue weighted by atomic mass is 10.1. The van der Waals surface area contributed by atoms with Gasteiger partial charge in [0.15, 0.2) is 11.7 Å². The molecule has 1 heterocycles. The SMILES string of the molecule is NS(=O)(=O)c1ccccc1-c1oc(Cc2ccccc2)nc1-c1cc(Cl)ccc1Cl. The second-order valence-electron chi connectivity index (χ2n) is 6.61. The number of oxazole rings is 1. The number of hydrogen-bond donors (Lipinski definition) is 1. The highest BCUT2D eigenvalue weighted by Crippen LogP contribution is 2.39. The van der Waals surface area contributed by atoms with Crippen molar-refractivity contribution in [2.75, 3.05) is 0 Å². The summed E-state index contributed by atoms with van der Waals surface area (Å²) in [6.07, 6.45) is 0.420. The third-order valence-corrected chi connectivity index (χ3v) is 6.03. The number of benzene rings is 3. The minimum atomic E-state index is -4.00. The number of rotatable bonds is 5. The summed E-state index contributed by atoms with van der Waals surface area (Å²) in [4.78, 5) is 4.57. The molecule has 5 nitrogen and oxygen atoms in total. The second kappa shape index (κ2) is 8.24. The highest BCUT2D eigenvalue weighted by Gasteiger charge is 2.24. The van der Waals surface area contributed by atoms with Crippen molar-refractivity contribution in [2.45, 2.75) is 11.3 Å². The predicted octanol–water partition coefficient (Wildman–Crippen LogP) is 5.55. The van der Waals surface area contributed by atoms with Crippen molar-refractivity contribution in [3.63, 3.8) is 0 Å². The second-order valence-corrected chi connectivity index (χ2v) is 8.99. The molecule has 0 bridgehead atoms. The van der Waals surface area contributed by atoms with Crippen molar-refractivity contribution in [3.05, 3.63) is 94.3 Å². The van der Waals surface area contributed by atoms with E-state index in [1.807, 2.05) is 30.3 Å². The summed E-state index contributed by atoms with van der Waals surface area (Å²) in [7, 11) is -4.00. The van der Waals surface area contributed by atoms with E-state index in [0.29, 0.717) is 39.2 Å². The highest BCUT2D eigenvalue weighted by molar-refractivity contribution is 7.89. The molecule has 0 radical (unpaired) electrons. The first-order valence-corrected chi connectivity index (χ1v) is 11.2. The van der Waals surface area contributed by atoms with Gasteiger partial charge in [-0.05, 0) is 35.9 Å². The summed E-state index contributed by atoms with van der Waals surface area (Å²) >= 11 is 12.6. The smallest absolute Gasteiger partial charge is 0.238 e. The molecule has 0 fully saturated rings. The fourth-order valence-corrected chi connectivity index (χ4v) is 4.27. The normalized spacial score (nSPS) is 11.6. The number of sulfonamides is 1. The van der Waals surface area contributed by atoms with E-state index in [1.165, 1.54) is 6.07 Å². The highest BCUT2D eigenvalue weighted by atomic mass is 35.5. The van der Waals surface area contributed by atoms with Gasteiger partial charge < -0.3 is 4.42 Å². The lowest BCUT2D eigenvalue weighted by Crippen LogP contribution is -2.13. The predicted molar refractivity (Wildman–Crippen MR) is 118 cm³/mol. The molecule has 0 atom stereocenters. The summed E-state index contributed by atoms with van der Waals surface area (Å²) in [5.41, 5.74) is 2.22. The summed E-state index contributed by atoms with van der Waals surface area (Å²) in [5.74, 6) is 0.668. The molecule has 0 unspecified atom stereocenters. The minimum Gasteiger partial charge on any atom is -0.440 e. The maximum atomic E-state index is 12.2. The summed E-state index contributed by atoms with van der Waals surface area (Å²) < 4.78 is 30.4. The Bertz CT molecular complexity index is 1320. The van der Waals surface area contributed by atoms with E-state index in [2.05, 4.69) is 4.98 Å². The van der Waals surface area contributed by atoms with Crippen LogP contribution in [0.1, 0.15) is 11.5 Å². The Balaban J connectivity index is 1.95. The molecule has 0 aliphatic rings. The van der Waals surface area contributed by atoms with Crippen LogP contribution in [-0.2, 0) is 16.4 Å². The molecule has 8 heteroatoms. The molecule has 0 amide bonds. The molecule has 0 saturated heterocycles. The maximum absolute atomic E-state index is 12.2. The van der Waals surface area contributed by atoms with Crippen molar-refractivity contribution in [1.29, 1.82) is 0 Å². The van der Waals surface area contributed by atoms with Gasteiger partial charge in [-0.25, -0.2) is 18.5 Å². The molecule has 0 aliphatic carbocycles. The third kappa shape index (κ3) is 4.27. The number of nitrogens with zero attached hydrogens (tertiary/aromatic N) is 1. The Morgan fingerprint density at radius 3 is 2.33 bits per heavy atom. The molecule has 3 aromatic carbocycles. The van der Waals surface area contributed by atoms with Crippen LogP contribution in [0.2, 0.25) is 10.0 Å². The number of primary sulfonamides is 1. The Morgan fingerprint density at radius 1 is 0.900 bits per heavy atom. The van der Waals surface area contributed by atoms with Crippen LogP contribution in [0.4, 0.5) is 0 Å². The molecule has 152 valence electrons. The zero-order valence-corrected chi connectivity index (χ0v) is 17.9. The summed E-state index contributed by atoms with van der Waals surface area (Å²) in [5, 5.41) is 6.31. The molecule has 2 N–H and O–H groups in total. The molecule has 30 heavy (non-hydrogen) atoms.